The highest BCUT2D eigenvalue weighted by atomic mass is 19.1. The second-order valence-corrected chi connectivity index (χ2v) is 9.69. The highest BCUT2D eigenvalue weighted by Gasteiger charge is 2.41. The first kappa shape index (κ1) is 25.5. The third kappa shape index (κ3) is 5.72. The molecule has 0 spiro atoms. The maximum atomic E-state index is 14.4. The van der Waals surface area contributed by atoms with Crippen LogP contribution in [0.25, 0.3) is 6.08 Å². The lowest BCUT2D eigenvalue weighted by Crippen LogP contribution is -2.54. The Hall–Kier alpha value is -4.13. The fourth-order valence-electron chi connectivity index (χ4n) is 5.08. The number of methoxy groups -OCH3 is 1. The molecule has 3 aromatic carbocycles. The van der Waals surface area contributed by atoms with Gasteiger partial charge in [-0.15, -0.1) is 0 Å². The van der Waals surface area contributed by atoms with Crippen molar-refractivity contribution in [2.75, 3.05) is 7.11 Å². The largest absolute Gasteiger partial charge is 0.497 e. The molecule has 1 heterocycles. The van der Waals surface area contributed by atoms with Gasteiger partial charge in [-0.25, -0.2) is 4.39 Å². The summed E-state index contributed by atoms with van der Waals surface area (Å²) in [6.45, 7) is 0.609. The van der Waals surface area contributed by atoms with Crippen LogP contribution in [0.2, 0.25) is 0 Å². The van der Waals surface area contributed by atoms with Crippen LogP contribution >= 0.6 is 0 Å². The molecule has 2 fully saturated rings. The van der Waals surface area contributed by atoms with Gasteiger partial charge in [0.2, 0.25) is 0 Å². The van der Waals surface area contributed by atoms with Crippen LogP contribution in [0, 0.1) is 5.82 Å². The number of morpholine rings is 1. The van der Waals surface area contributed by atoms with Gasteiger partial charge in [-0.3, -0.25) is 9.59 Å². The summed E-state index contributed by atoms with van der Waals surface area (Å²) in [5.41, 5.74) is 2.73. The van der Waals surface area contributed by atoms with Gasteiger partial charge in [-0.05, 0) is 66.8 Å². The zero-order chi connectivity index (χ0) is 26.5. The van der Waals surface area contributed by atoms with Crippen molar-refractivity contribution in [2.24, 2.45) is 0 Å². The van der Waals surface area contributed by atoms with E-state index in [-0.39, 0.29) is 42.1 Å². The number of nitrogens with zero attached hydrogens (tertiary/aromatic N) is 1. The zero-order valence-electron chi connectivity index (χ0n) is 21.4. The summed E-state index contributed by atoms with van der Waals surface area (Å²) in [5, 5.41) is 2.91. The number of nitrogens with one attached hydrogen (secondary N) is 1. The molecule has 2 unspecified atom stereocenters. The first-order valence-corrected chi connectivity index (χ1v) is 13.0. The normalized spacial score (nSPS) is 20.0. The predicted octanol–water partition coefficient (Wildman–Crippen LogP) is 5.48. The number of fused-ring (bicyclic) bond motifs is 1. The Bertz CT molecular complexity index is 1320. The lowest BCUT2D eigenvalue weighted by Gasteiger charge is -2.44. The summed E-state index contributed by atoms with van der Waals surface area (Å²) in [4.78, 5) is 27.9. The van der Waals surface area contributed by atoms with Crippen LogP contribution in [0.5, 0.6) is 5.75 Å². The molecule has 3 aromatic rings. The first-order valence-electron chi connectivity index (χ1n) is 13.0. The van der Waals surface area contributed by atoms with Gasteiger partial charge in [0.25, 0.3) is 11.8 Å². The Morgan fingerprint density at radius 2 is 1.79 bits per heavy atom. The molecule has 196 valence electrons. The van der Waals surface area contributed by atoms with Crippen molar-refractivity contribution in [3.05, 3.63) is 107 Å². The van der Waals surface area contributed by atoms with Gasteiger partial charge in [0.15, 0.2) is 5.76 Å². The molecule has 38 heavy (non-hydrogen) atoms. The van der Waals surface area contributed by atoms with E-state index in [4.69, 9.17) is 9.47 Å². The maximum Gasteiger partial charge on any atom is 0.289 e. The van der Waals surface area contributed by atoms with Gasteiger partial charge < -0.3 is 19.7 Å². The van der Waals surface area contributed by atoms with Gasteiger partial charge in [-0.1, -0.05) is 48.9 Å². The summed E-state index contributed by atoms with van der Waals surface area (Å²) >= 11 is 0. The van der Waals surface area contributed by atoms with Crippen molar-refractivity contribution >= 4 is 17.9 Å². The molecule has 7 heteroatoms. The number of halogens is 1. The SMILES string of the molecule is COc1ccc(CNC(=O)c2ccc(/C=C3\OC4CCCCC4N(Cc4ccccc4F)C3=O)cc2)cc1. The molecule has 1 saturated heterocycles. The van der Waals surface area contributed by atoms with E-state index in [0.29, 0.717) is 17.7 Å². The van der Waals surface area contributed by atoms with E-state index in [1.165, 1.54) is 6.07 Å². The van der Waals surface area contributed by atoms with Crippen LogP contribution in [0.1, 0.15) is 52.7 Å². The predicted molar refractivity (Wildman–Crippen MR) is 143 cm³/mol. The molecule has 5 rings (SSSR count). The third-order valence-electron chi connectivity index (χ3n) is 7.20. The number of ether oxygens (including phenoxy) is 2. The van der Waals surface area contributed by atoms with Crippen LogP contribution in [-0.4, -0.2) is 36.0 Å². The summed E-state index contributed by atoms with van der Waals surface area (Å²) in [6.07, 6.45) is 5.36. The third-order valence-corrected chi connectivity index (χ3v) is 7.20. The van der Waals surface area contributed by atoms with Gasteiger partial charge in [0.05, 0.1) is 13.2 Å². The minimum atomic E-state index is -0.314. The van der Waals surface area contributed by atoms with Crippen molar-refractivity contribution in [3.8, 4) is 5.75 Å². The highest BCUT2D eigenvalue weighted by molar-refractivity contribution is 5.97. The molecular weight excluding hydrogens is 483 g/mol. The lowest BCUT2D eigenvalue weighted by molar-refractivity contribution is -0.149. The highest BCUT2D eigenvalue weighted by Crippen LogP contribution is 2.34. The fourth-order valence-corrected chi connectivity index (χ4v) is 5.08. The van der Waals surface area contributed by atoms with Gasteiger partial charge in [-0.2, -0.15) is 0 Å². The molecule has 1 aliphatic heterocycles. The van der Waals surface area contributed by atoms with Gasteiger partial charge in [0, 0.05) is 24.2 Å². The average molecular weight is 515 g/mol. The Balaban J connectivity index is 1.28. The number of rotatable bonds is 7. The number of carbonyl (C=O) groups is 2. The molecule has 1 saturated carbocycles. The van der Waals surface area contributed by atoms with Crippen molar-refractivity contribution in [3.63, 3.8) is 0 Å². The van der Waals surface area contributed by atoms with Gasteiger partial charge in [0.1, 0.15) is 17.7 Å². The smallest absolute Gasteiger partial charge is 0.289 e. The van der Waals surface area contributed by atoms with E-state index in [1.54, 1.807) is 60.6 Å². The summed E-state index contributed by atoms with van der Waals surface area (Å²) in [6, 6.07) is 21.1. The number of amides is 2. The van der Waals surface area contributed by atoms with Crippen LogP contribution in [0.3, 0.4) is 0 Å². The molecule has 1 N–H and O–H groups in total. The van der Waals surface area contributed by atoms with Crippen molar-refractivity contribution < 1.29 is 23.5 Å². The van der Waals surface area contributed by atoms with Crippen molar-refractivity contribution in [1.82, 2.24) is 10.2 Å². The van der Waals surface area contributed by atoms with E-state index in [0.717, 1.165) is 42.6 Å². The number of hydrogen-bond acceptors (Lipinski definition) is 4. The minimum Gasteiger partial charge on any atom is -0.497 e. The summed E-state index contributed by atoms with van der Waals surface area (Å²) in [5.74, 6) is 0.273. The fraction of sp³-hybridized carbons (Fsp3) is 0.290. The second kappa shape index (κ2) is 11.5. The molecule has 2 aliphatic rings. The first-order chi connectivity index (χ1) is 18.5. The van der Waals surface area contributed by atoms with Crippen molar-refractivity contribution in [1.29, 1.82) is 0 Å². The van der Waals surface area contributed by atoms with Crippen molar-refractivity contribution in [2.45, 2.75) is 50.9 Å². The quantitative estimate of drug-likeness (QED) is 0.425. The number of hydrogen-bond donors (Lipinski definition) is 1. The molecule has 6 nitrogen and oxygen atoms in total. The second-order valence-electron chi connectivity index (χ2n) is 9.69. The number of benzene rings is 3. The Morgan fingerprint density at radius 3 is 2.53 bits per heavy atom. The minimum absolute atomic E-state index is 0.0650. The molecule has 2 atom stereocenters. The zero-order valence-corrected chi connectivity index (χ0v) is 21.4. The summed E-state index contributed by atoms with van der Waals surface area (Å²) < 4.78 is 25.7. The van der Waals surface area contributed by atoms with E-state index in [1.807, 2.05) is 24.3 Å². The molecule has 0 radical (unpaired) electrons. The standard InChI is InChI=1S/C31H31FN2O4/c1-37-25-16-12-22(13-17-25)19-33-30(35)23-14-10-21(11-15-23)18-29-31(36)34(20-24-6-2-3-7-26(24)32)27-8-4-5-9-28(27)38-29/h2-3,6-7,10-18,27-28H,4-5,8-9,19-20H2,1H3,(H,33,35)/b29-18-. The van der Waals surface area contributed by atoms with Gasteiger partial charge >= 0.3 is 0 Å². The van der Waals surface area contributed by atoms with E-state index in [9.17, 15) is 14.0 Å². The molecule has 2 amide bonds. The monoisotopic (exact) mass is 514 g/mol. The molecule has 0 aromatic heterocycles. The van der Waals surface area contributed by atoms with E-state index < -0.39 is 0 Å². The van der Waals surface area contributed by atoms with E-state index >= 15 is 0 Å². The summed E-state index contributed by atoms with van der Waals surface area (Å²) in [7, 11) is 1.61. The molecule has 1 aliphatic carbocycles. The maximum absolute atomic E-state index is 14.4. The molecular formula is C31H31FN2O4. The average Bonchev–Trinajstić information content (AvgIpc) is 2.95. The van der Waals surface area contributed by atoms with Crippen LogP contribution in [0.4, 0.5) is 4.39 Å². The van der Waals surface area contributed by atoms with Crippen LogP contribution in [-0.2, 0) is 22.6 Å². The Morgan fingerprint density at radius 1 is 1.05 bits per heavy atom. The number of carbonyl (C=O) groups excluding carboxylic acids is 2. The van der Waals surface area contributed by atoms with E-state index in [2.05, 4.69) is 5.32 Å². The van der Waals surface area contributed by atoms with Crippen LogP contribution in [0.15, 0.2) is 78.6 Å². The topological polar surface area (TPSA) is 67.9 Å². The lowest BCUT2D eigenvalue weighted by atomic mass is 9.89. The van der Waals surface area contributed by atoms with Crippen LogP contribution < -0.4 is 10.1 Å². The molecule has 0 bridgehead atoms. The Kier molecular flexibility index (Phi) is 7.73. The Labute approximate surface area is 222 Å².